The Balaban J connectivity index is 2.33. The molecule has 86 valence electrons. The van der Waals surface area contributed by atoms with Crippen molar-refractivity contribution in [1.82, 2.24) is 0 Å². The van der Waals surface area contributed by atoms with Crippen LogP contribution in [0.25, 0.3) is 0 Å². The zero-order valence-corrected chi connectivity index (χ0v) is 10.2. The Morgan fingerprint density at radius 1 is 1.44 bits per heavy atom. The van der Waals surface area contributed by atoms with Crippen molar-refractivity contribution in [3.8, 4) is 11.8 Å². The topological polar surface area (TPSA) is 26.0 Å². The van der Waals surface area contributed by atoms with Crippen LogP contribution in [-0.2, 0) is 0 Å². The minimum absolute atomic E-state index is 0.0745. The predicted octanol–water partition coefficient (Wildman–Crippen LogP) is 3.05. The van der Waals surface area contributed by atoms with Crippen LogP contribution < -0.4 is 5.73 Å². The average Bonchev–Trinajstić information content (AvgIpc) is 2.28. The van der Waals surface area contributed by atoms with Gasteiger partial charge in [0, 0.05) is 23.1 Å². The van der Waals surface area contributed by atoms with E-state index in [0.29, 0.717) is 4.90 Å². The summed E-state index contributed by atoms with van der Waals surface area (Å²) in [6, 6.07) is 6.84. The van der Waals surface area contributed by atoms with Crippen LogP contribution in [0.4, 0.5) is 4.39 Å². The Bertz CT molecular complexity index is 381. The first-order valence-electron chi connectivity index (χ1n) is 5.26. The molecule has 0 heterocycles. The quantitative estimate of drug-likeness (QED) is 0.629. The van der Waals surface area contributed by atoms with Crippen molar-refractivity contribution < 1.29 is 4.39 Å². The largest absolute Gasteiger partial charge is 0.327 e. The molecule has 16 heavy (non-hydrogen) atoms. The molecule has 0 radical (unpaired) electrons. The third-order valence-electron chi connectivity index (χ3n) is 2.11. The SMILES string of the molecule is CC#CCCC(N)CSc1ccccc1F. The summed E-state index contributed by atoms with van der Waals surface area (Å²) in [5, 5.41) is 0. The second-order valence-electron chi connectivity index (χ2n) is 3.47. The molecule has 0 aliphatic heterocycles. The van der Waals surface area contributed by atoms with E-state index in [9.17, 15) is 4.39 Å². The summed E-state index contributed by atoms with van der Waals surface area (Å²) in [4.78, 5) is 0.666. The Morgan fingerprint density at radius 2 is 2.19 bits per heavy atom. The second kappa shape index (κ2) is 7.32. The summed E-state index contributed by atoms with van der Waals surface area (Å²) >= 11 is 1.46. The molecule has 0 aromatic heterocycles. The Labute approximate surface area is 101 Å². The molecule has 0 amide bonds. The monoisotopic (exact) mass is 237 g/mol. The van der Waals surface area contributed by atoms with Crippen LogP contribution in [0.3, 0.4) is 0 Å². The van der Waals surface area contributed by atoms with Crippen molar-refractivity contribution in [2.45, 2.75) is 30.7 Å². The lowest BCUT2D eigenvalue weighted by molar-refractivity contribution is 0.601. The van der Waals surface area contributed by atoms with Gasteiger partial charge in [-0.3, -0.25) is 0 Å². The highest BCUT2D eigenvalue weighted by molar-refractivity contribution is 7.99. The zero-order chi connectivity index (χ0) is 11.8. The molecular formula is C13H16FNS. The molecule has 0 aliphatic rings. The first-order chi connectivity index (χ1) is 7.74. The van der Waals surface area contributed by atoms with E-state index in [1.54, 1.807) is 12.1 Å². The summed E-state index contributed by atoms with van der Waals surface area (Å²) in [5.74, 6) is 6.36. The number of halogens is 1. The maximum absolute atomic E-state index is 13.3. The summed E-state index contributed by atoms with van der Waals surface area (Å²) in [6.07, 6.45) is 1.68. The zero-order valence-electron chi connectivity index (χ0n) is 9.37. The van der Waals surface area contributed by atoms with Gasteiger partial charge >= 0.3 is 0 Å². The lowest BCUT2D eigenvalue weighted by Crippen LogP contribution is -2.22. The third kappa shape index (κ3) is 4.69. The molecule has 1 atom stereocenters. The van der Waals surface area contributed by atoms with Gasteiger partial charge in [0.25, 0.3) is 0 Å². The standard InChI is InChI=1S/C13H16FNS/c1-2-3-4-7-11(15)10-16-13-9-6-5-8-12(13)14/h5-6,8-9,11H,4,7,10,15H2,1H3. The minimum atomic E-state index is -0.173. The molecule has 1 aromatic rings. The van der Waals surface area contributed by atoms with Gasteiger partial charge in [-0.05, 0) is 25.5 Å². The number of hydrogen-bond acceptors (Lipinski definition) is 2. The molecule has 0 fully saturated rings. The average molecular weight is 237 g/mol. The highest BCUT2D eigenvalue weighted by Crippen LogP contribution is 2.22. The molecule has 0 saturated carbocycles. The highest BCUT2D eigenvalue weighted by atomic mass is 32.2. The fraction of sp³-hybridized carbons (Fsp3) is 0.385. The van der Waals surface area contributed by atoms with E-state index >= 15 is 0 Å². The van der Waals surface area contributed by atoms with E-state index in [4.69, 9.17) is 5.73 Å². The molecule has 0 bridgehead atoms. The molecule has 1 unspecified atom stereocenters. The first-order valence-corrected chi connectivity index (χ1v) is 6.25. The third-order valence-corrected chi connectivity index (χ3v) is 3.34. The Hall–Kier alpha value is -0.980. The number of hydrogen-bond donors (Lipinski definition) is 1. The van der Waals surface area contributed by atoms with Gasteiger partial charge in [-0.25, -0.2) is 4.39 Å². The van der Waals surface area contributed by atoms with Crippen molar-refractivity contribution in [2.24, 2.45) is 5.73 Å². The number of thioether (sulfide) groups is 1. The number of benzene rings is 1. The van der Waals surface area contributed by atoms with E-state index in [1.807, 2.05) is 13.0 Å². The molecule has 3 heteroatoms. The van der Waals surface area contributed by atoms with Gasteiger partial charge in [-0.2, -0.15) is 0 Å². The van der Waals surface area contributed by atoms with Gasteiger partial charge in [0.15, 0.2) is 0 Å². The van der Waals surface area contributed by atoms with Crippen LogP contribution in [0.5, 0.6) is 0 Å². The molecule has 1 aromatic carbocycles. The second-order valence-corrected chi connectivity index (χ2v) is 4.53. The fourth-order valence-corrected chi connectivity index (χ4v) is 2.17. The maximum Gasteiger partial charge on any atom is 0.136 e. The van der Waals surface area contributed by atoms with Crippen LogP contribution in [0, 0.1) is 17.7 Å². The van der Waals surface area contributed by atoms with Crippen LogP contribution in [0.2, 0.25) is 0 Å². The van der Waals surface area contributed by atoms with Gasteiger partial charge in [0.05, 0.1) is 0 Å². The molecular weight excluding hydrogens is 221 g/mol. The minimum Gasteiger partial charge on any atom is -0.327 e. The molecule has 0 aliphatic carbocycles. The summed E-state index contributed by atoms with van der Waals surface area (Å²) in [5.41, 5.74) is 5.90. The Kier molecular flexibility index (Phi) is 5.99. The van der Waals surface area contributed by atoms with Gasteiger partial charge in [-0.15, -0.1) is 23.6 Å². The lowest BCUT2D eigenvalue weighted by Gasteiger charge is -2.09. The van der Waals surface area contributed by atoms with Crippen molar-refractivity contribution in [1.29, 1.82) is 0 Å². The molecule has 1 rings (SSSR count). The van der Waals surface area contributed by atoms with Gasteiger partial charge in [-0.1, -0.05) is 12.1 Å². The number of rotatable bonds is 5. The smallest absolute Gasteiger partial charge is 0.136 e. The van der Waals surface area contributed by atoms with E-state index in [0.717, 1.165) is 18.6 Å². The van der Waals surface area contributed by atoms with Crippen molar-refractivity contribution >= 4 is 11.8 Å². The molecule has 1 nitrogen and oxygen atoms in total. The molecule has 0 saturated heterocycles. The van der Waals surface area contributed by atoms with Gasteiger partial charge < -0.3 is 5.73 Å². The van der Waals surface area contributed by atoms with Crippen molar-refractivity contribution in [2.75, 3.05) is 5.75 Å². The van der Waals surface area contributed by atoms with Crippen molar-refractivity contribution in [3.05, 3.63) is 30.1 Å². The van der Waals surface area contributed by atoms with Crippen molar-refractivity contribution in [3.63, 3.8) is 0 Å². The van der Waals surface area contributed by atoms with Crippen LogP contribution in [0.15, 0.2) is 29.2 Å². The van der Waals surface area contributed by atoms with E-state index < -0.39 is 0 Å². The highest BCUT2D eigenvalue weighted by Gasteiger charge is 2.05. The summed E-state index contributed by atoms with van der Waals surface area (Å²) in [6.45, 7) is 1.82. The van der Waals surface area contributed by atoms with E-state index in [2.05, 4.69) is 11.8 Å². The normalized spacial score (nSPS) is 11.7. The van der Waals surface area contributed by atoms with Crippen LogP contribution >= 0.6 is 11.8 Å². The predicted molar refractivity (Wildman–Crippen MR) is 67.8 cm³/mol. The Morgan fingerprint density at radius 3 is 2.88 bits per heavy atom. The van der Waals surface area contributed by atoms with E-state index in [-0.39, 0.29) is 11.9 Å². The van der Waals surface area contributed by atoms with E-state index in [1.165, 1.54) is 17.8 Å². The fourth-order valence-electron chi connectivity index (χ4n) is 1.22. The first kappa shape index (κ1) is 13.1. The van der Waals surface area contributed by atoms with Gasteiger partial charge in [0.1, 0.15) is 5.82 Å². The maximum atomic E-state index is 13.3. The van der Waals surface area contributed by atoms with Crippen LogP contribution in [0.1, 0.15) is 19.8 Å². The van der Waals surface area contributed by atoms with Crippen LogP contribution in [-0.4, -0.2) is 11.8 Å². The lowest BCUT2D eigenvalue weighted by atomic mass is 10.2. The summed E-state index contributed by atoms with van der Waals surface area (Å²) < 4.78 is 13.3. The number of nitrogens with two attached hydrogens (primary N) is 1. The van der Waals surface area contributed by atoms with Gasteiger partial charge in [0.2, 0.25) is 0 Å². The summed E-state index contributed by atoms with van der Waals surface area (Å²) in [7, 11) is 0. The molecule has 0 spiro atoms. The molecule has 2 N–H and O–H groups in total.